The Hall–Kier alpha value is -2.82. The SMILES string of the molecule is CN(C)c1ccc(NC(=O)c2ccc(N3CCCC3=O)cc2)cc1. The lowest BCUT2D eigenvalue weighted by atomic mass is 10.1. The highest BCUT2D eigenvalue weighted by Gasteiger charge is 2.21. The summed E-state index contributed by atoms with van der Waals surface area (Å²) in [5.74, 6) is -0.0138. The van der Waals surface area contributed by atoms with Crippen molar-refractivity contribution < 1.29 is 9.59 Å². The van der Waals surface area contributed by atoms with E-state index < -0.39 is 0 Å². The van der Waals surface area contributed by atoms with Crippen molar-refractivity contribution in [3.05, 3.63) is 54.1 Å². The first-order chi connectivity index (χ1) is 11.5. The minimum atomic E-state index is -0.160. The summed E-state index contributed by atoms with van der Waals surface area (Å²) in [6.07, 6.45) is 1.50. The van der Waals surface area contributed by atoms with Gasteiger partial charge in [-0.25, -0.2) is 0 Å². The van der Waals surface area contributed by atoms with Gasteiger partial charge in [0.25, 0.3) is 5.91 Å². The molecule has 24 heavy (non-hydrogen) atoms. The molecule has 0 bridgehead atoms. The fraction of sp³-hybridized carbons (Fsp3) is 0.263. The molecule has 0 unspecified atom stereocenters. The summed E-state index contributed by atoms with van der Waals surface area (Å²) in [6, 6.07) is 14.8. The lowest BCUT2D eigenvalue weighted by molar-refractivity contribution is -0.117. The minimum absolute atomic E-state index is 0.146. The van der Waals surface area contributed by atoms with E-state index in [1.165, 1.54) is 0 Å². The molecule has 2 aromatic carbocycles. The molecule has 124 valence electrons. The Morgan fingerprint density at radius 2 is 1.71 bits per heavy atom. The summed E-state index contributed by atoms with van der Waals surface area (Å²) in [7, 11) is 3.94. The Kier molecular flexibility index (Phi) is 4.51. The van der Waals surface area contributed by atoms with Crippen molar-refractivity contribution in [3.63, 3.8) is 0 Å². The van der Waals surface area contributed by atoms with Gasteiger partial charge >= 0.3 is 0 Å². The van der Waals surface area contributed by atoms with Crippen LogP contribution in [0.15, 0.2) is 48.5 Å². The molecule has 5 heteroatoms. The molecule has 0 saturated carbocycles. The fourth-order valence-corrected chi connectivity index (χ4v) is 2.76. The standard InChI is InChI=1S/C19H21N3O2/c1-21(2)16-11-7-15(8-12-16)20-19(24)14-5-9-17(10-6-14)22-13-3-4-18(22)23/h5-12H,3-4,13H2,1-2H3,(H,20,24). The highest BCUT2D eigenvalue weighted by atomic mass is 16.2. The summed E-state index contributed by atoms with van der Waals surface area (Å²) in [5, 5.41) is 2.88. The number of hydrogen-bond acceptors (Lipinski definition) is 3. The van der Waals surface area contributed by atoms with E-state index in [-0.39, 0.29) is 11.8 Å². The van der Waals surface area contributed by atoms with Crippen LogP contribution in [0.1, 0.15) is 23.2 Å². The van der Waals surface area contributed by atoms with Crippen LogP contribution in [0.3, 0.4) is 0 Å². The maximum absolute atomic E-state index is 12.3. The number of rotatable bonds is 4. The topological polar surface area (TPSA) is 52.7 Å². The Labute approximate surface area is 141 Å². The summed E-state index contributed by atoms with van der Waals surface area (Å²) < 4.78 is 0. The third kappa shape index (κ3) is 3.40. The van der Waals surface area contributed by atoms with Gasteiger partial charge in [0.15, 0.2) is 0 Å². The number of anilines is 3. The predicted molar refractivity (Wildman–Crippen MR) is 96.8 cm³/mol. The van der Waals surface area contributed by atoms with Crippen molar-refractivity contribution in [1.29, 1.82) is 0 Å². The van der Waals surface area contributed by atoms with Crippen molar-refractivity contribution in [2.45, 2.75) is 12.8 Å². The third-order valence-electron chi connectivity index (χ3n) is 4.16. The Balaban J connectivity index is 1.67. The molecule has 3 rings (SSSR count). The molecule has 0 radical (unpaired) electrons. The van der Waals surface area contributed by atoms with Crippen LogP contribution >= 0.6 is 0 Å². The van der Waals surface area contributed by atoms with Gasteiger partial charge in [0, 0.05) is 49.7 Å². The second-order valence-corrected chi connectivity index (χ2v) is 6.09. The molecule has 0 aliphatic carbocycles. The molecule has 5 nitrogen and oxygen atoms in total. The smallest absolute Gasteiger partial charge is 0.255 e. The molecule has 0 atom stereocenters. The first-order valence-corrected chi connectivity index (χ1v) is 8.04. The molecule has 0 spiro atoms. The van der Waals surface area contributed by atoms with E-state index >= 15 is 0 Å². The van der Waals surface area contributed by atoms with E-state index in [4.69, 9.17) is 0 Å². The van der Waals surface area contributed by atoms with Gasteiger partial charge in [0.1, 0.15) is 0 Å². The fourth-order valence-electron chi connectivity index (χ4n) is 2.76. The monoisotopic (exact) mass is 323 g/mol. The first-order valence-electron chi connectivity index (χ1n) is 8.04. The lowest BCUT2D eigenvalue weighted by Crippen LogP contribution is -2.23. The summed E-state index contributed by atoms with van der Waals surface area (Å²) >= 11 is 0. The van der Waals surface area contributed by atoms with Gasteiger partial charge < -0.3 is 15.1 Å². The number of benzene rings is 2. The highest BCUT2D eigenvalue weighted by molar-refractivity contribution is 6.05. The van der Waals surface area contributed by atoms with Crippen molar-refractivity contribution in [1.82, 2.24) is 0 Å². The van der Waals surface area contributed by atoms with Crippen LogP contribution in [0.4, 0.5) is 17.1 Å². The van der Waals surface area contributed by atoms with Crippen LogP contribution in [0.2, 0.25) is 0 Å². The molecule has 1 N–H and O–H groups in total. The number of carbonyl (C=O) groups excluding carboxylic acids is 2. The Bertz CT molecular complexity index is 736. The van der Waals surface area contributed by atoms with Crippen LogP contribution in [-0.4, -0.2) is 32.5 Å². The molecule has 1 fully saturated rings. The maximum atomic E-state index is 12.3. The van der Waals surface area contributed by atoms with E-state index in [9.17, 15) is 9.59 Å². The molecule has 1 aliphatic heterocycles. The highest BCUT2D eigenvalue weighted by Crippen LogP contribution is 2.22. The van der Waals surface area contributed by atoms with Crippen LogP contribution in [0.5, 0.6) is 0 Å². The van der Waals surface area contributed by atoms with Gasteiger partial charge in [-0.15, -0.1) is 0 Å². The zero-order valence-corrected chi connectivity index (χ0v) is 14.0. The van der Waals surface area contributed by atoms with E-state index in [1.54, 1.807) is 17.0 Å². The van der Waals surface area contributed by atoms with Gasteiger partial charge in [-0.3, -0.25) is 9.59 Å². The molecular formula is C19H21N3O2. The first kappa shape index (κ1) is 16.1. The molecule has 2 amide bonds. The molecule has 1 saturated heterocycles. The van der Waals surface area contributed by atoms with E-state index in [0.717, 1.165) is 30.0 Å². The number of hydrogen-bond donors (Lipinski definition) is 1. The van der Waals surface area contributed by atoms with E-state index in [1.807, 2.05) is 55.4 Å². The molecular weight excluding hydrogens is 302 g/mol. The van der Waals surface area contributed by atoms with Crippen LogP contribution in [0.25, 0.3) is 0 Å². The quantitative estimate of drug-likeness (QED) is 0.940. The van der Waals surface area contributed by atoms with Crippen LogP contribution in [0, 0.1) is 0 Å². The van der Waals surface area contributed by atoms with Crippen LogP contribution in [-0.2, 0) is 4.79 Å². The predicted octanol–water partition coefficient (Wildman–Crippen LogP) is 3.13. The summed E-state index contributed by atoms with van der Waals surface area (Å²) in [4.78, 5) is 27.9. The molecule has 1 heterocycles. The minimum Gasteiger partial charge on any atom is -0.378 e. The number of carbonyl (C=O) groups is 2. The van der Waals surface area contributed by atoms with Gasteiger partial charge in [-0.05, 0) is 55.0 Å². The molecule has 1 aliphatic rings. The zero-order valence-electron chi connectivity index (χ0n) is 14.0. The third-order valence-corrected chi connectivity index (χ3v) is 4.16. The van der Waals surface area contributed by atoms with Gasteiger partial charge in [-0.1, -0.05) is 0 Å². The number of nitrogens with zero attached hydrogens (tertiary/aromatic N) is 2. The average Bonchev–Trinajstić information content (AvgIpc) is 3.01. The number of amides is 2. The molecule has 0 aromatic heterocycles. The lowest BCUT2D eigenvalue weighted by Gasteiger charge is -2.16. The van der Waals surface area contributed by atoms with Crippen molar-refractivity contribution in [2.24, 2.45) is 0 Å². The van der Waals surface area contributed by atoms with E-state index in [0.29, 0.717) is 12.0 Å². The number of nitrogens with one attached hydrogen (secondary N) is 1. The van der Waals surface area contributed by atoms with Gasteiger partial charge in [-0.2, -0.15) is 0 Å². The normalized spacial score (nSPS) is 13.9. The zero-order chi connectivity index (χ0) is 17.1. The molecule has 2 aromatic rings. The Morgan fingerprint density at radius 1 is 1.04 bits per heavy atom. The van der Waals surface area contributed by atoms with Crippen molar-refractivity contribution >= 4 is 28.9 Å². The second kappa shape index (κ2) is 6.74. The maximum Gasteiger partial charge on any atom is 0.255 e. The summed E-state index contributed by atoms with van der Waals surface area (Å²) in [5.41, 5.74) is 3.25. The largest absolute Gasteiger partial charge is 0.378 e. The van der Waals surface area contributed by atoms with Gasteiger partial charge in [0.05, 0.1) is 0 Å². The summed E-state index contributed by atoms with van der Waals surface area (Å²) in [6.45, 7) is 0.753. The van der Waals surface area contributed by atoms with Gasteiger partial charge in [0.2, 0.25) is 5.91 Å². The van der Waals surface area contributed by atoms with Crippen molar-refractivity contribution in [2.75, 3.05) is 35.8 Å². The van der Waals surface area contributed by atoms with Crippen molar-refractivity contribution in [3.8, 4) is 0 Å². The van der Waals surface area contributed by atoms with Crippen LogP contribution < -0.4 is 15.1 Å². The Morgan fingerprint density at radius 3 is 2.25 bits per heavy atom. The average molecular weight is 323 g/mol. The van der Waals surface area contributed by atoms with E-state index in [2.05, 4.69) is 5.32 Å². The second-order valence-electron chi connectivity index (χ2n) is 6.09.